The van der Waals surface area contributed by atoms with E-state index in [-0.39, 0.29) is 42.3 Å². The molecule has 1 N–H and O–H groups in total. The third-order valence-electron chi connectivity index (χ3n) is 7.10. The third-order valence-corrected chi connectivity index (χ3v) is 9.99. The number of fused-ring (bicyclic) bond motifs is 1. The molecule has 0 bridgehead atoms. The Labute approximate surface area is 248 Å². The van der Waals surface area contributed by atoms with Crippen LogP contribution in [0, 0.1) is 5.82 Å². The van der Waals surface area contributed by atoms with Crippen LogP contribution in [0.5, 0.6) is 0 Å². The zero-order valence-electron chi connectivity index (χ0n) is 23.8. The second-order valence-electron chi connectivity index (χ2n) is 10.8. The summed E-state index contributed by atoms with van der Waals surface area (Å²) in [7, 11) is -3.69. The average molecular weight is 613 g/mol. The molecule has 12 heteroatoms. The fraction of sp³-hybridized carbons (Fsp3) is 0.367. The van der Waals surface area contributed by atoms with Gasteiger partial charge in [-0.2, -0.15) is 0 Å². The minimum absolute atomic E-state index is 0.00486. The minimum Gasteiger partial charge on any atom is -0.372 e. The molecule has 0 aliphatic carbocycles. The molecule has 1 saturated heterocycles. The van der Waals surface area contributed by atoms with Crippen LogP contribution in [0.1, 0.15) is 43.1 Å². The van der Waals surface area contributed by atoms with Crippen molar-refractivity contribution >= 4 is 49.6 Å². The number of para-hydroxylation sites is 1. The fourth-order valence-corrected chi connectivity index (χ4v) is 7.06. The molecule has 1 amide bonds. The number of benzene rings is 2. The summed E-state index contributed by atoms with van der Waals surface area (Å²) in [5.74, 6) is -1.18. The van der Waals surface area contributed by atoms with E-state index >= 15 is 0 Å². The first kappa shape index (κ1) is 29.9. The highest BCUT2D eigenvalue weighted by atomic mass is 32.2. The van der Waals surface area contributed by atoms with Gasteiger partial charge in [0.05, 0.1) is 47.2 Å². The van der Waals surface area contributed by atoms with Gasteiger partial charge in [-0.1, -0.05) is 18.2 Å². The van der Waals surface area contributed by atoms with E-state index in [2.05, 4.69) is 15.2 Å². The molecule has 42 heavy (non-hydrogen) atoms. The van der Waals surface area contributed by atoms with Crippen molar-refractivity contribution in [3.05, 3.63) is 70.4 Å². The number of ether oxygens (including phenoxy) is 1. The van der Waals surface area contributed by atoms with Gasteiger partial charge in [0.1, 0.15) is 10.8 Å². The van der Waals surface area contributed by atoms with Crippen molar-refractivity contribution in [3.8, 4) is 11.3 Å². The molecule has 3 heterocycles. The molecule has 2 atom stereocenters. The Morgan fingerprint density at radius 3 is 2.57 bits per heavy atom. The zero-order valence-corrected chi connectivity index (χ0v) is 25.5. The van der Waals surface area contributed by atoms with Crippen LogP contribution in [0.15, 0.2) is 54.0 Å². The van der Waals surface area contributed by atoms with Crippen LogP contribution in [0.4, 0.5) is 10.1 Å². The predicted octanol–water partition coefficient (Wildman–Crippen LogP) is 4.65. The van der Waals surface area contributed by atoms with E-state index in [0.717, 1.165) is 9.66 Å². The van der Waals surface area contributed by atoms with Gasteiger partial charge in [-0.15, -0.1) is 11.3 Å². The summed E-state index contributed by atoms with van der Waals surface area (Å²) < 4.78 is 47.2. The number of thiazole rings is 1. The third kappa shape index (κ3) is 6.25. The highest BCUT2D eigenvalue weighted by Crippen LogP contribution is 2.30. The maximum Gasteiger partial charge on any atom is 0.253 e. The second kappa shape index (κ2) is 11.9. The number of Topliss-reactive ketones (excluding diaryl/α,β-unsaturated/α-hetero) is 1. The lowest BCUT2D eigenvalue weighted by Gasteiger charge is -2.37. The van der Waals surface area contributed by atoms with Gasteiger partial charge in [-0.05, 0) is 52.0 Å². The molecular formula is C30H33FN4O5S2. The Morgan fingerprint density at radius 1 is 1.14 bits per heavy atom. The Hall–Kier alpha value is -3.61. The number of aromatic nitrogens is 2. The molecule has 9 nitrogen and oxygen atoms in total. The summed E-state index contributed by atoms with van der Waals surface area (Å²) >= 11 is 1.29. The molecule has 5 rings (SSSR count). The van der Waals surface area contributed by atoms with Gasteiger partial charge in [-0.25, -0.2) is 21.8 Å². The normalized spacial score (nSPS) is 17.6. The lowest BCUT2D eigenvalue weighted by atomic mass is 10.1. The first-order valence-corrected chi connectivity index (χ1v) is 16.1. The number of carbonyl (C=O) groups excluding carboxylic acids is 2. The van der Waals surface area contributed by atoms with Crippen LogP contribution in [0.25, 0.3) is 22.2 Å². The number of nitrogens with one attached hydrogen (secondary N) is 1. The van der Waals surface area contributed by atoms with Crippen molar-refractivity contribution in [1.29, 1.82) is 0 Å². The van der Waals surface area contributed by atoms with Crippen molar-refractivity contribution in [2.24, 2.45) is 0 Å². The molecule has 0 radical (unpaired) electrons. The Balaban J connectivity index is 1.26. The van der Waals surface area contributed by atoms with Crippen molar-refractivity contribution in [2.75, 3.05) is 24.5 Å². The number of anilines is 1. The van der Waals surface area contributed by atoms with E-state index in [9.17, 15) is 22.4 Å². The Kier molecular flexibility index (Phi) is 8.49. The van der Waals surface area contributed by atoms with Gasteiger partial charge in [0, 0.05) is 41.3 Å². The van der Waals surface area contributed by atoms with Gasteiger partial charge in [0.15, 0.2) is 5.78 Å². The fourth-order valence-electron chi connectivity index (χ4n) is 5.09. The largest absolute Gasteiger partial charge is 0.372 e. The maximum absolute atomic E-state index is 14.6. The summed E-state index contributed by atoms with van der Waals surface area (Å²) in [6, 6.07) is 11.6. The van der Waals surface area contributed by atoms with Gasteiger partial charge < -0.3 is 15.0 Å². The SMILES string of the molecule is CC(C)S(=O)(=O)n1cc(C(=O)NCC(=O)Cc2nc(-c3cc(F)cc(N4C[C@@H](C)O[C@@H](C)C4)c3)cs2)c2ccccc21. The smallest absolute Gasteiger partial charge is 0.253 e. The summed E-state index contributed by atoms with van der Waals surface area (Å²) in [5.41, 5.74) is 2.51. The molecule has 2 aromatic heterocycles. The number of hydrogen-bond donors (Lipinski definition) is 1. The lowest BCUT2D eigenvalue weighted by Crippen LogP contribution is -2.45. The van der Waals surface area contributed by atoms with Gasteiger partial charge >= 0.3 is 0 Å². The van der Waals surface area contributed by atoms with Crippen molar-refractivity contribution in [2.45, 2.75) is 51.6 Å². The predicted molar refractivity (Wildman–Crippen MR) is 162 cm³/mol. The van der Waals surface area contributed by atoms with E-state index in [0.29, 0.717) is 40.3 Å². The molecule has 0 spiro atoms. The maximum atomic E-state index is 14.6. The van der Waals surface area contributed by atoms with E-state index in [1.54, 1.807) is 43.5 Å². The van der Waals surface area contributed by atoms with Crippen LogP contribution >= 0.6 is 11.3 Å². The van der Waals surface area contributed by atoms with Crippen molar-refractivity contribution in [3.63, 3.8) is 0 Å². The van der Waals surface area contributed by atoms with Gasteiger partial charge in [-0.3, -0.25) is 9.59 Å². The molecule has 1 aliphatic rings. The Morgan fingerprint density at radius 2 is 1.86 bits per heavy atom. The summed E-state index contributed by atoms with van der Waals surface area (Å²) in [5, 5.41) is 4.75. The van der Waals surface area contributed by atoms with E-state index in [1.165, 1.54) is 29.7 Å². The lowest BCUT2D eigenvalue weighted by molar-refractivity contribution is -0.117. The monoisotopic (exact) mass is 612 g/mol. The molecule has 1 aliphatic heterocycles. The van der Waals surface area contributed by atoms with Crippen molar-refractivity contribution in [1.82, 2.24) is 14.3 Å². The Bertz CT molecular complexity index is 1740. The first-order valence-electron chi connectivity index (χ1n) is 13.7. The zero-order chi connectivity index (χ0) is 30.2. The summed E-state index contributed by atoms with van der Waals surface area (Å²) in [6.45, 7) is 8.19. The van der Waals surface area contributed by atoms with Gasteiger partial charge in [0.2, 0.25) is 10.0 Å². The van der Waals surface area contributed by atoms with Gasteiger partial charge in [0.25, 0.3) is 5.91 Å². The van der Waals surface area contributed by atoms with E-state index in [4.69, 9.17) is 4.74 Å². The average Bonchev–Trinajstić information content (AvgIpc) is 3.56. The number of hydrogen-bond acceptors (Lipinski definition) is 8. The number of amides is 1. The molecule has 0 unspecified atom stereocenters. The minimum atomic E-state index is -3.69. The van der Waals surface area contributed by atoms with E-state index < -0.39 is 21.2 Å². The highest BCUT2D eigenvalue weighted by molar-refractivity contribution is 7.90. The second-order valence-corrected chi connectivity index (χ2v) is 14.1. The van der Waals surface area contributed by atoms with Crippen LogP contribution in [0.2, 0.25) is 0 Å². The van der Waals surface area contributed by atoms with E-state index in [1.807, 2.05) is 19.9 Å². The number of ketones is 1. The summed E-state index contributed by atoms with van der Waals surface area (Å²) in [6.07, 6.45) is 1.36. The van der Waals surface area contributed by atoms with Crippen LogP contribution < -0.4 is 10.2 Å². The molecule has 4 aromatic rings. The number of nitrogens with zero attached hydrogens (tertiary/aromatic N) is 3. The standard InChI is InChI=1S/C30H33FN4O5S2/c1-18(2)42(38,39)35-16-26(25-7-5-6-8-28(25)35)30(37)32-13-24(36)12-29-33-27(17-41-29)21-9-22(31)11-23(10-21)34-14-19(3)40-20(4)15-34/h5-11,16-20H,12-15H2,1-4H3,(H,32,37)/t19-,20+. The number of morpholine rings is 1. The first-order chi connectivity index (χ1) is 19.9. The van der Waals surface area contributed by atoms with Crippen LogP contribution in [-0.4, -0.2) is 66.2 Å². The molecule has 222 valence electrons. The van der Waals surface area contributed by atoms with Crippen molar-refractivity contribution < 1.29 is 27.1 Å². The highest BCUT2D eigenvalue weighted by Gasteiger charge is 2.25. The molecular weight excluding hydrogens is 579 g/mol. The van der Waals surface area contributed by atoms with Crippen LogP contribution in [-0.2, 0) is 26.0 Å². The molecule has 0 saturated carbocycles. The molecule has 1 fully saturated rings. The number of rotatable bonds is 9. The van der Waals surface area contributed by atoms with Crippen LogP contribution in [0.3, 0.4) is 0 Å². The quantitative estimate of drug-likeness (QED) is 0.293. The molecule has 2 aromatic carbocycles. The topological polar surface area (TPSA) is 111 Å². The number of halogens is 1. The number of carbonyl (C=O) groups is 2. The summed E-state index contributed by atoms with van der Waals surface area (Å²) in [4.78, 5) is 32.4.